The van der Waals surface area contributed by atoms with Crippen molar-refractivity contribution in [3.8, 4) is 0 Å². The molecule has 2 amide bonds. The van der Waals surface area contributed by atoms with E-state index in [0.717, 1.165) is 0 Å². The van der Waals surface area contributed by atoms with Gasteiger partial charge < -0.3 is 15.0 Å². The van der Waals surface area contributed by atoms with Gasteiger partial charge in [-0.2, -0.15) is 0 Å². The molecule has 3 aliphatic heterocycles. The predicted octanol–water partition coefficient (Wildman–Crippen LogP) is -0.393. The summed E-state index contributed by atoms with van der Waals surface area (Å²) in [6.07, 6.45) is 1.48. The van der Waals surface area contributed by atoms with Crippen molar-refractivity contribution in [2.75, 3.05) is 39.4 Å². The number of hydrogen-bond donors (Lipinski definition) is 2. The second-order valence-corrected chi connectivity index (χ2v) is 10.5. The molecule has 0 bridgehead atoms. The Morgan fingerprint density at radius 2 is 2.14 bits per heavy atom. The van der Waals surface area contributed by atoms with Gasteiger partial charge in [0.15, 0.2) is 0 Å². The normalized spacial score (nSPS) is 28.2. The quantitative estimate of drug-likeness (QED) is 0.621. The van der Waals surface area contributed by atoms with Gasteiger partial charge in [-0.05, 0) is 24.3 Å². The Morgan fingerprint density at radius 1 is 1.34 bits per heavy atom. The Labute approximate surface area is 174 Å². The zero-order valence-electron chi connectivity index (χ0n) is 16.1. The summed E-state index contributed by atoms with van der Waals surface area (Å²) in [6, 6.07) is 2.62. The monoisotopic (exact) mass is 442 g/mol. The first-order valence-electron chi connectivity index (χ1n) is 9.89. The maximum Gasteiger partial charge on any atom is 0.250 e. The van der Waals surface area contributed by atoms with Gasteiger partial charge >= 0.3 is 0 Å². The number of nitrogens with one attached hydrogen (secondary N) is 2. The van der Waals surface area contributed by atoms with Crippen molar-refractivity contribution in [1.82, 2.24) is 19.8 Å². The largest absolute Gasteiger partial charge is 0.378 e. The summed E-state index contributed by atoms with van der Waals surface area (Å²) in [6.45, 7) is 3.35. The molecule has 1 aromatic heterocycles. The molecule has 3 saturated heterocycles. The minimum Gasteiger partial charge on any atom is -0.378 e. The predicted molar refractivity (Wildman–Crippen MR) is 107 cm³/mol. The summed E-state index contributed by atoms with van der Waals surface area (Å²) in [5.74, 6) is 0.0365. The highest BCUT2D eigenvalue weighted by Crippen LogP contribution is 2.27. The molecule has 2 N–H and O–H groups in total. The Balaban J connectivity index is 1.36. The zero-order chi connectivity index (χ0) is 20.4. The molecule has 0 saturated carbocycles. The SMILES string of the molecule is O=C1NCC(CCC(=O)N2CCOCC2)N2CC(NS(=O)(=O)c3cccs3)CC12. The molecule has 0 aromatic carbocycles. The van der Waals surface area contributed by atoms with Crippen molar-refractivity contribution >= 4 is 33.2 Å². The van der Waals surface area contributed by atoms with E-state index in [1.165, 1.54) is 11.3 Å². The first kappa shape index (κ1) is 20.7. The number of carbonyl (C=O) groups excluding carboxylic acids is 2. The van der Waals surface area contributed by atoms with Crippen LogP contribution < -0.4 is 10.0 Å². The summed E-state index contributed by atoms with van der Waals surface area (Å²) >= 11 is 1.17. The minimum absolute atomic E-state index is 0.0268. The van der Waals surface area contributed by atoms with E-state index in [0.29, 0.717) is 58.7 Å². The van der Waals surface area contributed by atoms with E-state index in [2.05, 4.69) is 14.9 Å². The number of sulfonamides is 1. The van der Waals surface area contributed by atoms with Crippen LogP contribution in [0.3, 0.4) is 0 Å². The molecule has 3 aliphatic rings. The molecule has 9 nitrogen and oxygen atoms in total. The van der Waals surface area contributed by atoms with Gasteiger partial charge in [-0.1, -0.05) is 6.07 Å². The highest BCUT2D eigenvalue weighted by molar-refractivity contribution is 7.91. The first-order valence-corrected chi connectivity index (χ1v) is 12.2. The molecular formula is C18H26N4O5S2. The second kappa shape index (κ2) is 8.68. The lowest BCUT2D eigenvalue weighted by molar-refractivity contribution is -0.136. The molecule has 11 heteroatoms. The van der Waals surface area contributed by atoms with Crippen LogP contribution >= 0.6 is 11.3 Å². The molecule has 29 heavy (non-hydrogen) atoms. The van der Waals surface area contributed by atoms with Crippen molar-refractivity contribution in [2.45, 2.75) is 41.6 Å². The average molecular weight is 443 g/mol. The van der Waals surface area contributed by atoms with Crippen molar-refractivity contribution in [3.63, 3.8) is 0 Å². The number of hydrogen-bond acceptors (Lipinski definition) is 7. The molecule has 160 valence electrons. The molecular weight excluding hydrogens is 416 g/mol. The van der Waals surface area contributed by atoms with Crippen molar-refractivity contribution in [1.29, 1.82) is 0 Å². The Hall–Kier alpha value is -1.53. The fourth-order valence-electron chi connectivity index (χ4n) is 4.28. The van der Waals surface area contributed by atoms with Crippen LogP contribution in [0.1, 0.15) is 19.3 Å². The van der Waals surface area contributed by atoms with Gasteiger partial charge in [0.1, 0.15) is 4.21 Å². The van der Waals surface area contributed by atoms with Gasteiger partial charge in [-0.3, -0.25) is 14.5 Å². The van der Waals surface area contributed by atoms with Crippen LogP contribution in [-0.2, 0) is 24.3 Å². The molecule has 0 radical (unpaired) electrons. The fourth-order valence-corrected chi connectivity index (χ4v) is 6.53. The third-order valence-corrected chi connectivity index (χ3v) is 8.68. The van der Waals surface area contributed by atoms with Gasteiger partial charge in [0.25, 0.3) is 0 Å². The lowest BCUT2D eigenvalue weighted by Gasteiger charge is -2.37. The van der Waals surface area contributed by atoms with Crippen LogP contribution in [0.2, 0.25) is 0 Å². The minimum atomic E-state index is -3.58. The highest BCUT2D eigenvalue weighted by atomic mass is 32.2. The number of rotatable bonds is 6. The number of thiophene rings is 1. The number of piperazine rings is 1. The van der Waals surface area contributed by atoms with Gasteiger partial charge in [0, 0.05) is 44.7 Å². The van der Waals surface area contributed by atoms with Crippen LogP contribution in [-0.4, -0.2) is 87.6 Å². The van der Waals surface area contributed by atoms with E-state index in [9.17, 15) is 18.0 Å². The highest BCUT2D eigenvalue weighted by Gasteiger charge is 2.44. The first-order chi connectivity index (χ1) is 13.9. The van der Waals surface area contributed by atoms with Gasteiger partial charge in [-0.25, -0.2) is 13.1 Å². The molecule has 3 unspecified atom stereocenters. The van der Waals surface area contributed by atoms with E-state index < -0.39 is 10.0 Å². The fraction of sp³-hybridized carbons (Fsp3) is 0.667. The van der Waals surface area contributed by atoms with Crippen molar-refractivity contribution < 1.29 is 22.7 Å². The topological polar surface area (TPSA) is 108 Å². The lowest BCUT2D eigenvalue weighted by atomic mass is 10.0. The van der Waals surface area contributed by atoms with Crippen LogP contribution in [0.5, 0.6) is 0 Å². The van der Waals surface area contributed by atoms with E-state index in [1.807, 2.05) is 4.90 Å². The number of carbonyl (C=O) groups is 2. The second-order valence-electron chi connectivity index (χ2n) is 7.63. The maximum absolute atomic E-state index is 12.5. The van der Waals surface area contributed by atoms with Crippen LogP contribution in [0.25, 0.3) is 0 Å². The van der Waals surface area contributed by atoms with E-state index in [-0.39, 0.29) is 34.1 Å². The standard InChI is InChI=1S/C18H26N4O5S2/c23-16(21-5-7-27-8-6-21)4-3-14-11-19-18(24)15-10-13(12-22(14)15)20-29(25,26)17-2-1-9-28-17/h1-2,9,13-15,20H,3-8,10-12H2,(H,19,24). The van der Waals surface area contributed by atoms with Crippen LogP contribution in [0.4, 0.5) is 0 Å². The smallest absolute Gasteiger partial charge is 0.250 e. The molecule has 3 atom stereocenters. The third kappa shape index (κ3) is 4.64. The van der Waals surface area contributed by atoms with Crippen LogP contribution in [0, 0.1) is 0 Å². The van der Waals surface area contributed by atoms with Crippen molar-refractivity contribution in [2.24, 2.45) is 0 Å². The zero-order valence-corrected chi connectivity index (χ0v) is 17.7. The summed E-state index contributed by atoms with van der Waals surface area (Å²) in [7, 11) is -3.58. The Bertz CT molecular complexity index is 838. The summed E-state index contributed by atoms with van der Waals surface area (Å²) < 4.78 is 33.4. The van der Waals surface area contributed by atoms with E-state index >= 15 is 0 Å². The Kier molecular flexibility index (Phi) is 6.21. The Morgan fingerprint density at radius 3 is 2.86 bits per heavy atom. The molecule has 4 rings (SSSR count). The summed E-state index contributed by atoms with van der Waals surface area (Å²) in [5.41, 5.74) is 0. The van der Waals surface area contributed by atoms with Gasteiger partial charge in [0.2, 0.25) is 21.8 Å². The number of nitrogens with zero attached hydrogens (tertiary/aromatic N) is 2. The van der Waals surface area contributed by atoms with Crippen molar-refractivity contribution in [3.05, 3.63) is 17.5 Å². The van der Waals surface area contributed by atoms with E-state index in [1.54, 1.807) is 17.5 Å². The average Bonchev–Trinajstić information content (AvgIpc) is 3.38. The molecule has 1 aromatic rings. The molecule has 0 spiro atoms. The third-order valence-electron chi connectivity index (χ3n) is 5.76. The summed E-state index contributed by atoms with van der Waals surface area (Å²) in [5, 5.41) is 4.64. The lowest BCUT2D eigenvalue weighted by Crippen LogP contribution is -2.58. The maximum atomic E-state index is 12.5. The summed E-state index contributed by atoms with van der Waals surface area (Å²) in [4.78, 5) is 28.7. The number of ether oxygens (including phenoxy) is 1. The molecule has 3 fully saturated rings. The molecule has 0 aliphatic carbocycles. The van der Waals surface area contributed by atoms with Gasteiger partial charge in [0.05, 0.1) is 19.3 Å². The van der Waals surface area contributed by atoms with Gasteiger partial charge in [-0.15, -0.1) is 11.3 Å². The van der Waals surface area contributed by atoms with Crippen LogP contribution in [0.15, 0.2) is 21.7 Å². The number of morpholine rings is 1. The van der Waals surface area contributed by atoms with E-state index in [4.69, 9.17) is 4.74 Å². The molecule has 4 heterocycles. The number of amides is 2. The number of fused-ring (bicyclic) bond motifs is 1.